The lowest BCUT2D eigenvalue weighted by atomic mass is 9.91. The fraction of sp³-hybridized carbons (Fsp3) is 1.00. The Bertz CT molecular complexity index is 202. The van der Waals surface area contributed by atoms with Crippen LogP contribution in [-0.2, 0) is 4.74 Å². The molecule has 2 unspecified atom stereocenters. The molecular weight excluding hydrogens is 200 g/mol. The molecule has 0 aromatic heterocycles. The van der Waals surface area contributed by atoms with Crippen LogP contribution in [0.1, 0.15) is 40.0 Å². The van der Waals surface area contributed by atoms with Gasteiger partial charge in [0.05, 0.1) is 12.1 Å². The SMILES string of the molecule is CCC(CN)(COC)N1CCCC1C(C)C. The molecule has 3 nitrogen and oxygen atoms in total. The molecule has 96 valence electrons. The van der Waals surface area contributed by atoms with E-state index in [-0.39, 0.29) is 5.54 Å². The van der Waals surface area contributed by atoms with Crippen LogP contribution in [-0.4, -0.2) is 43.3 Å². The van der Waals surface area contributed by atoms with Crippen LogP contribution in [0.25, 0.3) is 0 Å². The minimum atomic E-state index is 0.0557. The monoisotopic (exact) mass is 228 g/mol. The number of rotatable bonds is 6. The summed E-state index contributed by atoms with van der Waals surface area (Å²) >= 11 is 0. The molecule has 0 amide bonds. The quantitative estimate of drug-likeness (QED) is 0.754. The normalized spacial score (nSPS) is 26.2. The van der Waals surface area contributed by atoms with Crippen LogP contribution in [0, 0.1) is 5.92 Å². The van der Waals surface area contributed by atoms with Crippen molar-refractivity contribution >= 4 is 0 Å². The average Bonchev–Trinajstić information content (AvgIpc) is 2.75. The molecule has 0 bridgehead atoms. The molecule has 16 heavy (non-hydrogen) atoms. The number of likely N-dealkylation sites (tertiary alicyclic amines) is 1. The van der Waals surface area contributed by atoms with Gasteiger partial charge in [-0.2, -0.15) is 0 Å². The molecule has 1 heterocycles. The first-order chi connectivity index (χ1) is 7.61. The molecule has 0 spiro atoms. The smallest absolute Gasteiger partial charge is 0.0659 e. The van der Waals surface area contributed by atoms with Crippen LogP contribution in [0.15, 0.2) is 0 Å². The summed E-state index contributed by atoms with van der Waals surface area (Å²) in [6.45, 7) is 9.47. The van der Waals surface area contributed by atoms with Gasteiger partial charge >= 0.3 is 0 Å². The molecule has 1 aliphatic heterocycles. The second-order valence-corrected chi connectivity index (χ2v) is 5.36. The molecule has 1 aliphatic rings. The second-order valence-electron chi connectivity index (χ2n) is 5.36. The third-order valence-corrected chi connectivity index (χ3v) is 4.13. The highest BCUT2D eigenvalue weighted by Gasteiger charge is 2.41. The Hall–Kier alpha value is -0.120. The standard InChI is InChI=1S/C13H28N2O/c1-5-13(9-14,10-16-4)15-8-6-7-12(15)11(2)3/h11-12H,5-10,14H2,1-4H3. The van der Waals surface area contributed by atoms with Gasteiger partial charge in [0.1, 0.15) is 0 Å². The van der Waals surface area contributed by atoms with Crippen molar-refractivity contribution in [1.29, 1.82) is 0 Å². The van der Waals surface area contributed by atoms with E-state index >= 15 is 0 Å². The van der Waals surface area contributed by atoms with E-state index < -0.39 is 0 Å². The van der Waals surface area contributed by atoms with E-state index in [1.165, 1.54) is 19.4 Å². The Balaban J connectivity index is 2.84. The van der Waals surface area contributed by atoms with Gasteiger partial charge in [-0.3, -0.25) is 4.90 Å². The number of methoxy groups -OCH3 is 1. The Labute approximate surface area is 100 Å². The van der Waals surface area contributed by atoms with Gasteiger partial charge in [0, 0.05) is 19.7 Å². The summed E-state index contributed by atoms with van der Waals surface area (Å²) in [4.78, 5) is 2.61. The molecule has 1 rings (SSSR count). The lowest BCUT2D eigenvalue weighted by molar-refractivity contribution is -0.00642. The minimum Gasteiger partial charge on any atom is -0.383 e. The zero-order valence-corrected chi connectivity index (χ0v) is 11.3. The second kappa shape index (κ2) is 5.99. The highest BCUT2D eigenvalue weighted by atomic mass is 16.5. The third kappa shape index (κ3) is 2.58. The molecule has 1 fully saturated rings. The van der Waals surface area contributed by atoms with Crippen molar-refractivity contribution in [3.8, 4) is 0 Å². The van der Waals surface area contributed by atoms with E-state index in [2.05, 4.69) is 25.7 Å². The summed E-state index contributed by atoms with van der Waals surface area (Å²) in [5, 5.41) is 0. The van der Waals surface area contributed by atoms with Gasteiger partial charge in [-0.05, 0) is 31.7 Å². The predicted molar refractivity (Wildman–Crippen MR) is 68.5 cm³/mol. The Morgan fingerprint density at radius 1 is 1.50 bits per heavy atom. The van der Waals surface area contributed by atoms with E-state index in [1.54, 1.807) is 7.11 Å². The number of nitrogens with two attached hydrogens (primary N) is 1. The van der Waals surface area contributed by atoms with Crippen molar-refractivity contribution in [2.75, 3.05) is 26.8 Å². The average molecular weight is 228 g/mol. The summed E-state index contributed by atoms with van der Waals surface area (Å²) in [5.74, 6) is 0.705. The van der Waals surface area contributed by atoms with Gasteiger partial charge in [-0.15, -0.1) is 0 Å². The maximum Gasteiger partial charge on any atom is 0.0659 e. The Morgan fingerprint density at radius 3 is 2.62 bits per heavy atom. The van der Waals surface area contributed by atoms with Crippen LogP contribution in [0.4, 0.5) is 0 Å². The van der Waals surface area contributed by atoms with Crippen molar-refractivity contribution < 1.29 is 4.74 Å². The van der Waals surface area contributed by atoms with E-state index in [1.807, 2.05) is 0 Å². The lowest BCUT2D eigenvalue weighted by Gasteiger charge is -2.44. The van der Waals surface area contributed by atoms with E-state index in [9.17, 15) is 0 Å². The van der Waals surface area contributed by atoms with Crippen LogP contribution in [0.3, 0.4) is 0 Å². The summed E-state index contributed by atoms with van der Waals surface area (Å²) in [5.41, 5.74) is 6.08. The van der Waals surface area contributed by atoms with Gasteiger partial charge in [0.25, 0.3) is 0 Å². The fourth-order valence-electron chi connectivity index (χ4n) is 3.05. The maximum atomic E-state index is 6.02. The van der Waals surface area contributed by atoms with Crippen molar-refractivity contribution in [2.24, 2.45) is 11.7 Å². The number of nitrogens with zero attached hydrogens (tertiary/aromatic N) is 1. The zero-order valence-electron chi connectivity index (χ0n) is 11.3. The third-order valence-electron chi connectivity index (χ3n) is 4.13. The molecule has 3 heteroatoms. The van der Waals surface area contributed by atoms with Crippen molar-refractivity contribution in [3.05, 3.63) is 0 Å². The van der Waals surface area contributed by atoms with Crippen LogP contribution in [0.2, 0.25) is 0 Å². The first-order valence-corrected chi connectivity index (χ1v) is 6.57. The Morgan fingerprint density at radius 2 is 2.19 bits per heavy atom. The van der Waals surface area contributed by atoms with E-state index in [0.29, 0.717) is 18.5 Å². The predicted octanol–water partition coefficient (Wildman–Crippen LogP) is 1.86. The zero-order chi connectivity index (χ0) is 12.2. The highest BCUT2D eigenvalue weighted by Crippen LogP contribution is 2.32. The molecule has 1 saturated heterocycles. The van der Waals surface area contributed by atoms with Gasteiger partial charge in [-0.25, -0.2) is 0 Å². The first-order valence-electron chi connectivity index (χ1n) is 6.57. The number of hydrogen-bond acceptors (Lipinski definition) is 3. The van der Waals surface area contributed by atoms with Crippen LogP contribution < -0.4 is 5.73 Å². The molecule has 0 saturated carbocycles. The molecule has 0 aliphatic carbocycles. The number of ether oxygens (including phenoxy) is 1. The molecule has 2 atom stereocenters. The molecule has 0 radical (unpaired) electrons. The van der Waals surface area contributed by atoms with Gasteiger partial charge in [-0.1, -0.05) is 20.8 Å². The molecule has 0 aromatic carbocycles. The van der Waals surface area contributed by atoms with Crippen molar-refractivity contribution in [2.45, 2.75) is 51.6 Å². The number of hydrogen-bond donors (Lipinski definition) is 1. The summed E-state index contributed by atoms with van der Waals surface area (Å²) in [6.07, 6.45) is 3.68. The topological polar surface area (TPSA) is 38.5 Å². The fourth-order valence-corrected chi connectivity index (χ4v) is 3.05. The minimum absolute atomic E-state index is 0.0557. The Kier molecular flexibility index (Phi) is 5.22. The van der Waals surface area contributed by atoms with Crippen LogP contribution in [0.5, 0.6) is 0 Å². The summed E-state index contributed by atoms with van der Waals surface area (Å²) < 4.78 is 5.41. The molecule has 0 aromatic rings. The largest absolute Gasteiger partial charge is 0.383 e. The molecule has 2 N–H and O–H groups in total. The van der Waals surface area contributed by atoms with E-state index in [0.717, 1.165) is 13.0 Å². The highest BCUT2D eigenvalue weighted by molar-refractivity contribution is 4.97. The van der Waals surface area contributed by atoms with Gasteiger partial charge < -0.3 is 10.5 Å². The maximum absolute atomic E-state index is 6.02. The molecular formula is C13H28N2O. The summed E-state index contributed by atoms with van der Waals surface area (Å²) in [7, 11) is 1.78. The van der Waals surface area contributed by atoms with Gasteiger partial charge in [0.2, 0.25) is 0 Å². The van der Waals surface area contributed by atoms with Gasteiger partial charge in [0.15, 0.2) is 0 Å². The van der Waals surface area contributed by atoms with E-state index in [4.69, 9.17) is 10.5 Å². The van der Waals surface area contributed by atoms with Crippen LogP contribution >= 0.6 is 0 Å². The lowest BCUT2D eigenvalue weighted by Crippen LogP contribution is -2.59. The summed E-state index contributed by atoms with van der Waals surface area (Å²) in [6, 6.07) is 0.679. The van der Waals surface area contributed by atoms with Crippen molar-refractivity contribution in [1.82, 2.24) is 4.90 Å². The van der Waals surface area contributed by atoms with Crippen molar-refractivity contribution in [3.63, 3.8) is 0 Å². The first kappa shape index (κ1) is 13.9.